The number of nitrogens with zero attached hydrogens (tertiary/aromatic N) is 1. The number of halogens is 1. The number of nitrogens with one attached hydrogen (secondary N) is 1. The second kappa shape index (κ2) is 7.78. The summed E-state index contributed by atoms with van der Waals surface area (Å²) in [6.45, 7) is 1.37. The van der Waals surface area contributed by atoms with Crippen molar-refractivity contribution in [2.45, 2.75) is 6.92 Å². The molecular formula is C17H17BrN2O3. The van der Waals surface area contributed by atoms with Crippen LogP contribution in [0, 0.1) is 0 Å². The van der Waals surface area contributed by atoms with Crippen molar-refractivity contribution in [1.29, 1.82) is 0 Å². The molecule has 2 aromatic carbocycles. The average molecular weight is 377 g/mol. The van der Waals surface area contributed by atoms with Crippen LogP contribution in [0.25, 0.3) is 0 Å². The number of rotatable bonds is 5. The minimum absolute atomic E-state index is 0.0577. The molecule has 0 bridgehead atoms. The summed E-state index contributed by atoms with van der Waals surface area (Å²) in [4.78, 5) is 25.5. The minimum atomic E-state index is -0.273. The number of amides is 2. The summed E-state index contributed by atoms with van der Waals surface area (Å²) < 4.78 is 5.91. The topological polar surface area (TPSA) is 58.6 Å². The SMILES string of the molecule is COc1ccc(NC(=O)CN(C(C)=O)c2cccc(Br)c2)cc1. The van der Waals surface area contributed by atoms with E-state index in [-0.39, 0.29) is 18.4 Å². The number of methoxy groups -OCH3 is 1. The Morgan fingerprint density at radius 1 is 1.17 bits per heavy atom. The Hall–Kier alpha value is -2.34. The fourth-order valence-electron chi connectivity index (χ4n) is 2.05. The normalized spacial score (nSPS) is 10.0. The van der Waals surface area contributed by atoms with E-state index in [2.05, 4.69) is 21.2 Å². The smallest absolute Gasteiger partial charge is 0.244 e. The van der Waals surface area contributed by atoms with Crippen molar-refractivity contribution in [1.82, 2.24) is 0 Å². The predicted octanol–water partition coefficient (Wildman–Crippen LogP) is 3.45. The molecule has 120 valence electrons. The maximum Gasteiger partial charge on any atom is 0.244 e. The summed E-state index contributed by atoms with van der Waals surface area (Å²) in [5.41, 5.74) is 1.31. The molecule has 0 heterocycles. The van der Waals surface area contributed by atoms with E-state index >= 15 is 0 Å². The van der Waals surface area contributed by atoms with Gasteiger partial charge in [0.15, 0.2) is 0 Å². The first-order valence-electron chi connectivity index (χ1n) is 6.97. The molecule has 0 fully saturated rings. The van der Waals surface area contributed by atoms with Gasteiger partial charge in [0.2, 0.25) is 11.8 Å². The zero-order valence-electron chi connectivity index (χ0n) is 12.9. The van der Waals surface area contributed by atoms with E-state index in [4.69, 9.17) is 4.74 Å². The van der Waals surface area contributed by atoms with E-state index in [1.807, 2.05) is 12.1 Å². The number of benzene rings is 2. The van der Waals surface area contributed by atoms with Crippen LogP contribution in [-0.4, -0.2) is 25.5 Å². The van der Waals surface area contributed by atoms with Gasteiger partial charge in [0.05, 0.1) is 7.11 Å². The molecule has 2 amide bonds. The molecule has 0 aromatic heterocycles. The molecule has 5 nitrogen and oxygen atoms in total. The highest BCUT2D eigenvalue weighted by Crippen LogP contribution is 2.20. The highest BCUT2D eigenvalue weighted by molar-refractivity contribution is 9.10. The lowest BCUT2D eigenvalue weighted by Crippen LogP contribution is -2.36. The standard InChI is InChI=1S/C17H17BrN2O3/c1-12(21)20(15-5-3-4-13(18)10-15)11-17(22)19-14-6-8-16(23-2)9-7-14/h3-10H,11H2,1-2H3,(H,19,22). The van der Waals surface area contributed by atoms with E-state index in [1.54, 1.807) is 43.5 Å². The van der Waals surface area contributed by atoms with Crippen molar-refractivity contribution in [3.63, 3.8) is 0 Å². The van der Waals surface area contributed by atoms with Crippen LogP contribution in [0.3, 0.4) is 0 Å². The van der Waals surface area contributed by atoms with E-state index in [1.165, 1.54) is 11.8 Å². The highest BCUT2D eigenvalue weighted by Gasteiger charge is 2.16. The zero-order chi connectivity index (χ0) is 16.8. The molecule has 2 aromatic rings. The summed E-state index contributed by atoms with van der Waals surface area (Å²) in [7, 11) is 1.58. The molecule has 1 N–H and O–H groups in total. The summed E-state index contributed by atoms with van der Waals surface area (Å²) in [6.07, 6.45) is 0. The first-order chi connectivity index (χ1) is 11.0. The van der Waals surface area contributed by atoms with E-state index in [9.17, 15) is 9.59 Å². The molecule has 0 saturated heterocycles. The van der Waals surface area contributed by atoms with E-state index < -0.39 is 0 Å². The molecule has 23 heavy (non-hydrogen) atoms. The molecule has 0 atom stereocenters. The van der Waals surface area contributed by atoms with Gasteiger partial charge in [-0.3, -0.25) is 9.59 Å². The summed E-state index contributed by atoms with van der Waals surface area (Å²) in [6, 6.07) is 14.3. The van der Waals surface area contributed by atoms with Crippen molar-refractivity contribution in [3.8, 4) is 5.75 Å². The van der Waals surface area contributed by atoms with Crippen LogP contribution in [-0.2, 0) is 9.59 Å². The van der Waals surface area contributed by atoms with Gasteiger partial charge < -0.3 is 15.0 Å². The molecule has 0 aliphatic rings. The third-order valence-electron chi connectivity index (χ3n) is 3.18. The molecule has 0 aliphatic carbocycles. The van der Waals surface area contributed by atoms with Gasteiger partial charge in [-0.2, -0.15) is 0 Å². The van der Waals surface area contributed by atoms with Crippen LogP contribution < -0.4 is 15.0 Å². The molecule has 0 unspecified atom stereocenters. The first-order valence-corrected chi connectivity index (χ1v) is 7.76. The van der Waals surface area contributed by atoms with Gasteiger partial charge in [0, 0.05) is 22.8 Å². The number of ether oxygens (including phenoxy) is 1. The lowest BCUT2D eigenvalue weighted by atomic mass is 10.2. The van der Waals surface area contributed by atoms with Crippen LogP contribution in [0.2, 0.25) is 0 Å². The van der Waals surface area contributed by atoms with Crippen molar-refractivity contribution in [2.75, 3.05) is 23.9 Å². The molecule has 0 aliphatic heterocycles. The molecule has 0 radical (unpaired) electrons. The number of hydrogen-bond donors (Lipinski definition) is 1. The minimum Gasteiger partial charge on any atom is -0.497 e. The second-order valence-corrected chi connectivity index (χ2v) is 5.78. The molecule has 0 saturated carbocycles. The van der Waals surface area contributed by atoms with Crippen molar-refractivity contribution >= 4 is 39.1 Å². The van der Waals surface area contributed by atoms with Gasteiger partial charge >= 0.3 is 0 Å². The van der Waals surface area contributed by atoms with Gasteiger partial charge in [-0.25, -0.2) is 0 Å². The lowest BCUT2D eigenvalue weighted by Gasteiger charge is -2.21. The number of anilines is 2. The number of carbonyl (C=O) groups is 2. The molecule has 0 spiro atoms. The number of hydrogen-bond acceptors (Lipinski definition) is 3. The zero-order valence-corrected chi connectivity index (χ0v) is 14.5. The monoisotopic (exact) mass is 376 g/mol. The Morgan fingerprint density at radius 3 is 2.43 bits per heavy atom. The van der Waals surface area contributed by atoms with Gasteiger partial charge in [-0.05, 0) is 42.5 Å². The first kappa shape index (κ1) is 17.0. The number of carbonyl (C=O) groups excluding carboxylic acids is 2. The maximum atomic E-state index is 12.2. The van der Waals surface area contributed by atoms with Crippen molar-refractivity contribution < 1.29 is 14.3 Å². The van der Waals surface area contributed by atoms with Crippen LogP contribution in [0.15, 0.2) is 53.0 Å². The maximum absolute atomic E-state index is 12.2. The Kier molecular flexibility index (Phi) is 5.76. The predicted molar refractivity (Wildman–Crippen MR) is 93.8 cm³/mol. The Labute approximate surface area is 143 Å². The molecule has 2 rings (SSSR count). The largest absolute Gasteiger partial charge is 0.497 e. The fraction of sp³-hybridized carbons (Fsp3) is 0.176. The Balaban J connectivity index is 2.07. The molecule has 6 heteroatoms. The van der Waals surface area contributed by atoms with Crippen LogP contribution in [0.5, 0.6) is 5.75 Å². The van der Waals surface area contributed by atoms with Crippen molar-refractivity contribution in [3.05, 3.63) is 53.0 Å². The van der Waals surface area contributed by atoms with E-state index in [0.717, 1.165) is 4.47 Å². The van der Waals surface area contributed by atoms with Gasteiger partial charge in [0.25, 0.3) is 0 Å². The Bertz CT molecular complexity index is 701. The average Bonchev–Trinajstić information content (AvgIpc) is 2.53. The fourth-order valence-corrected chi connectivity index (χ4v) is 2.43. The third kappa shape index (κ3) is 4.82. The van der Waals surface area contributed by atoms with E-state index in [0.29, 0.717) is 17.1 Å². The molecular weight excluding hydrogens is 360 g/mol. The third-order valence-corrected chi connectivity index (χ3v) is 3.67. The van der Waals surface area contributed by atoms with Crippen LogP contribution >= 0.6 is 15.9 Å². The quantitative estimate of drug-likeness (QED) is 0.869. The van der Waals surface area contributed by atoms with Gasteiger partial charge in [-0.15, -0.1) is 0 Å². The summed E-state index contributed by atoms with van der Waals surface area (Å²) in [5, 5.41) is 2.76. The lowest BCUT2D eigenvalue weighted by molar-refractivity contribution is -0.120. The Morgan fingerprint density at radius 2 is 1.87 bits per heavy atom. The van der Waals surface area contributed by atoms with Crippen molar-refractivity contribution in [2.24, 2.45) is 0 Å². The highest BCUT2D eigenvalue weighted by atomic mass is 79.9. The summed E-state index contributed by atoms with van der Waals surface area (Å²) >= 11 is 3.36. The second-order valence-electron chi connectivity index (χ2n) is 4.86. The van der Waals surface area contributed by atoms with Gasteiger partial charge in [-0.1, -0.05) is 22.0 Å². The van der Waals surface area contributed by atoms with Gasteiger partial charge in [0.1, 0.15) is 12.3 Å². The van der Waals surface area contributed by atoms with Crippen LogP contribution in [0.4, 0.5) is 11.4 Å². The van der Waals surface area contributed by atoms with Crippen LogP contribution in [0.1, 0.15) is 6.92 Å². The summed E-state index contributed by atoms with van der Waals surface area (Å²) in [5.74, 6) is 0.237.